The Morgan fingerprint density at radius 2 is 1.02 bits per heavy atom. The van der Waals surface area contributed by atoms with Crippen molar-refractivity contribution in [3.05, 3.63) is 145 Å². The molecule has 0 atom stereocenters. The Kier molecular flexibility index (Phi) is 5.92. The zero-order chi connectivity index (χ0) is 28.8. The lowest BCUT2D eigenvalue weighted by Crippen LogP contribution is -2.00. The molecule has 10 nitrogen and oxygen atoms in total. The topological polar surface area (TPSA) is 146 Å². The van der Waals surface area contributed by atoms with E-state index >= 15 is 0 Å². The highest BCUT2D eigenvalue weighted by atomic mass is 16.6. The summed E-state index contributed by atoms with van der Waals surface area (Å²) in [5.74, 6) is -0.717. The highest BCUT2D eigenvalue weighted by Gasteiger charge is 2.36. The molecule has 6 aromatic rings. The highest BCUT2D eigenvalue weighted by molar-refractivity contribution is 6.24. The number of rotatable bonds is 3. The van der Waals surface area contributed by atoms with Gasteiger partial charge in [0.1, 0.15) is 0 Å². The van der Waals surface area contributed by atoms with Crippen molar-refractivity contribution in [3.8, 4) is 11.1 Å². The van der Waals surface area contributed by atoms with Gasteiger partial charge in [-0.05, 0) is 38.4 Å². The molecule has 0 N–H and O–H groups in total. The van der Waals surface area contributed by atoms with E-state index in [0.29, 0.717) is 0 Å². The number of nitro groups is 3. The molecule has 10 heteroatoms. The van der Waals surface area contributed by atoms with Crippen LogP contribution in [0.2, 0.25) is 0 Å². The van der Waals surface area contributed by atoms with Gasteiger partial charge < -0.3 is 0 Å². The number of nitro benzene ring substituents is 3. The van der Waals surface area contributed by atoms with Crippen molar-refractivity contribution in [1.29, 1.82) is 0 Å². The van der Waals surface area contributed by atoms with E-state index in [9.17, 15) is 35.1 Å². The van der Waals surface area contributed by atoms with Crippen LogP contribution < -0.4 is 0 Å². The Labute approximate surface area is 230 Å². The summed E-state index contributed by atoms with van der Waals surface area (Å²) in [6.45, 7) is 0. The van der Waals surface area contributed by atoms with Crippen molar-refractivity contribution >= 4 is 55.2 Å². The van der Waals surface area contributed by atoms with Gasteiger partial charge in [0.2, 0.25) is 0 Å². The van der Waals surface area contributed by atoms with Crippen molar-refractivity contribution in [2.45, 2.75) is 0 Å². The molecule has 198 valence electrons. The lowest BCUT2D eigenvalue weighted by atomic mass is 9.97. The van der Waals surface area contributed by atoms with E-state index < -0.39 is 31.9 Å². The third kappa shape index (κ3) is 4.20. The molecule has 0 spiro atoms. The summed E-state index contributed by atoms with van der Waals surface area (Å²) in [4.78, 5) is 42.8. The Hall–Kier alpha value is -6.03. The van der Waals surface area contributed by atoms with Crippen LogP contribution in [0.4, 0.5) is 17.1 Å². The van der Waals surface area contributed by atoms with Crippen LogP contribution in [-0.2, 0) is 0 Å². The molecule has 6 aromatic carbocycles. The number of hydrogen-bond donors (Lipinski definition) is 0. The fourth-order valence-electron chi connectivity index (χ4n) is 5.30. The molecule has 0 heterocycles. The minimum absolute atomic E-state index is 0.0597. The molecule has 0 aromatic heterocycles. The van der Waals surface area contributed by atoms with Crippen LogP contribution in [0.1, 0.15) is 15.9 Å². The number of carbonyl (C=O) groups is 1. The van der Waals surface area contributed by atoms with Crippen molar-refractivity contribution in [2.24, 2.45) is 0 Å². The Morgan fingerprint density at radius 1 is 0.488 bits per heavy atom. The fourth-order valence-corrected chi connectivity index (χ4v) is 5.30. The van der Waals surface area contributed by atoms with Gasteiger partial charge in [-0.3, -0.25) is 35.1 Å². The van der Waals surface area contributed by atoms with Gasteiger partial charge in [-0.1, -0.05) is 72.8 Å². The first-order chi connectivity index (χ1) is 19.7. The summed E-state index contributed by atoms with van der Waals surface area (Å²) in [7, 11) is 0. The monoisotopic (exact) mass is 543 g/mol. The first-order valence-corrected chi connectivity index (χ1v) is 12.3. The smallest absolute Gasteiger partial charge is 0.284 e. The molecule has 0 saturated carbocycles. The minimum Gasteiger partial charge on any atom is -0.289 e. The second-order valence-electron chi connectivity index (χ2n) is 9.39. The summed E-state index contributed by atoms with van der Waals surface area (Å²) >= 11 is 0. The lowest BCUT2D eigenvalue weighted by molar-refractivity contribution is -0.393. The van der Waals surface area contributed by atoms with E-state index in [0.717, 1.165) is 24.3 Å². The lowest BCUT2D eigenvalue weighted by Gasteiger charge is -2.07. The molecule has 1 aliphatic carbocycles. The van der Waals surface area contributed by atoms with E-state index in [4.69, 9.17) is 0 Å². The van der Waals surface area contributed by atoms with Crippen molar-refractivity contribution in [2.75, 3.05) is 0 Å². The predicted octanol–water partition coefficient (Wildman–Crippen LogP) is 7.77. The van der Waals surface area contributed by atoms with Gasteiger partial charge in [0.25, 0.3) is 17.1 Å². The molecule has 1 aliphatic rings. The number of hydrogen-bond acceptors (Lipinski definition) is 7. The highest BCUT2D eigenvalue weighted by Crippen LogP contribution is 2.45. The van der Waals surface area contributed by atoms with Crippen LogP contribution in [0, 0.1) is 30.3 Å². The van der Waals surface area contributed by atoms with Crippen LogP contribution >= 0.6 is 0 Å². The zero-order valence-corrected chi connectivity index (χ0v) is 21.0. The summed E-state index contributed by atoms with van der Waals surface area (Å²) < 4.78 is 0. The molecule has 0 aliphatic heterocycles. The molecule has 0 saturated heterocycles. The quantitative estimate of drug-likeness (QED) is 0.126. The molecule has 0 bridgehead atoms. The van der Waals surface area contributed by atoms with Crippen LogP contribution in [0.15, 0.2) is 103 Å². The van der Waals surface area contributed by atoms with Crippen molar-refractivity contribution < 1.29 is 19.6 Å². The fraction of sp³-hybridized carbons (Fsp3) is 0. The van der Waals surface area contributed by atoms with Gasteiger partial charge in [0.15, 0.2) is 5.78 Å². The normalized spacial score (nSPS) is 11.6. The summed E-state index contributed by atoms with van der Waals surface area (Å²) in [5, 5.41) is 40.8. The van der Waals surface area contributed by atoms with Gasteiger partial charge in [-0.2, -0.15) is 0 Å². The number of benzene rings is 6. The summed E-state index contributed by atoms with van der Waals surface area (Å²) in [6.07, 6.45) is 0. The maximum atomic E-state index is 12.3. The second-order valence-corrected chi connectivity index (χ2v) is 9.39. The van der Waals surface area contributed by atoms with Crippen LogP contribution in [0.5, 0.6) is 0 Å². The second kappa shape index (κ2) is 9.62. The maximum absolute atomic E-state index is 12.3. The van der Waals surface area contributed by atoms with Gasteiger partial charge >= 0.3 is 0 Å². The van der Waals surface area contributed by atoms with Crippen LogP contribution in [-0.4, -0.2) is 20.6 Å². The van der Waals surface area contributed by atoms with Crippen molar-refractivity contribution in [3.63, 3.8) is 0 Å². The Balaban J connectivity index is 0.000000151. The number of fused-ring (bicyclic) bond motifs is 8. The molecular formula is C31H17N3O7. The molecule has 7 rings (SSSR count). The summed E-state index contributed by atoms with van der Waals surface area (Å²) in [5.41, 5.74) is -1.73. The number of carbonyl (C=O) groups excluding carboxylic acids is 1. The standard InChI is InChI=1S/C18H12.C13H5N3O7/c1-3-7-16-13(5-1)9-11-15-12-10-14-6-2-4-8-17(14)18(15)16;17-13-9-3-6(14(18)19)1-2-8(9)12-10(13)4-7(15(20)21)5-11(12)16(22)23/h1-12H;1-5H. The number of non-ortho nitro benzene ring substituents is 2. The Bertz CT molecular complexity index is 2050. The number of ketones is 1. The summed E-state index contributed by atoms with van der Waals surface area (Å²) in [6, 6.07) is 31.1. The molecule has 0 unspecified atom stereocenters. The van der Waals surface area contributed by atoms with Gasteiger partial charge in [0.05, 0.1) is 26.4 Å². The van der Waals surface area contributed by atoms with Gasteiger partial charge in [-0.15, -0.1) is 0 Å². The maximum Gasteiger partial charge on any atom is 0.284 e. The third-order valence-corrected chi connectivity index (χ3v) is 7.12. The van der Waals surface area contributed by atoms with Gasteiger partial charge in [0, 0.05) is 34.9 Å². The average molecular weight is 543 g/mol. The molecule has 41 heavy (non-hydrogen) atoms. The van der Waals surface area contributed by atoms with E-state index in [1.54, 1.807) is 0 Å². The first-order valence-electron chi connectivity index (χ1n) is 12.3. The van der Waals surface area contributed by atoms with Crippen LogP contribution in [0.3, 0.4) is 0 Å². The molecule has 0 radical (unpaired) electrons. The molecular weight excluding hydrogens is 526 g/mol. The largest absolute Gasteiger partial charge is 0.289 e. The van der Waals surface area contributed by atoms with Gasteiger partial charge in [-0.25, -0.2) is 0 Å². The zero-order valence-electron chi connectivity index (χ0n) is 21.0. The minimum atomic E-state index is -0.841. The predicted molar refractivity (Wildman–Crippen MR) is 154 cm³/mol. The molecule has 0 amide bonds. The third-order valence-electron chi connectivity index (χ3n) is 7.12. The van der Waals surface area contributed by atoms with E-state index in [1.807, 2.05) is 0 Å². The van der Waals surface area contributed by atoms with E-state index in [2.05, 4.69) is 72.8 Å². The van der Waals surface area contributed by atoms with E-state index in [-0.39, 0.29) is 27.9 Å². The SMILES string of the molecule is O=C1c2cc([N+](=O)[O-])ccc2-c2c1cc([N+](=O)[O-])cc2[N+](=O)[O-].c1ccc2c(c1)ccc1ccc3ccccc3c12. The molecule has 0 fully saturated rings. The van der Waals surface area contributed by atoms with Crippen molar-refractivity contribution in [1.82, 2.24) is 0 Å². The Morgan fingerprint density at radius 3 is 1.59 bits per heavy atom. The van der Waals surface area contributed by atoms with Crippen LogP contribution in [0.25, 0.3) is 43.4 Å². The average Bonchev–Trinajstić information content (AvgIpc) is 3.27. The first kappa shape index (κ1) is 25.3. The number of nitrogens with zero attached hydrogens (tertiary/aromatic N) is 3. The van der Waals surface area contributed by atoms with E-state index in [1.165, 1.54) is 38.4 Å².